The molecule has 1 rings (SSSR count). The number of benzene rings is 1. The first-order chi connectivity index (χ1) is 12.5. The molecule has 6 nitrogen and oxygen atoms in total. The average molecular weight is 376 g/mol. The van der Waals surface area contributed by atoms with Crippen LogP contribution in [0.1, 0.15) is 52.7 Å². The third kappa shape index (κ3) is 7.04. The minimum atomic E-state index is -0.821. The fourth-order valence-electron chi connectivity index (χ4n) is 2.73. The van der Waals surface area contributed by atoms with Crippen molar-refractivity contribution in [1.29, 1.82) is 0 Å². The Hall–Kier alpha value is -2.37. The van der Waals surface area contributed by atoms with Crippen molar-refractivity contribution in [2.45, 2.75) is 65.5 Å². The summed E-state index contributed by atoms with van der Waals surface area (Å²) in [6.07, 6.45) is 0.313. The first kappa shape index (κ1) is 22.7. The zero-order valence-electron chi connectivity index (χ0n) is 17.4. The largest absolute Gasteiger partial charge is 0.467 e. The highest BCUT2D eigenvalue weighted by molar-refractivity contribution is 5.90. The van der Waals surface area contributed by atoms with Crippen molar-refractivity contribution in [1.82, 2.24) is 10.6 Å². The van der Waals surface area contributed by atoms with Gasteiger partial charge >= 0.3 is 5.97 Å². The number of ether oxygens (including phenoxy) is 1. The van der Waals surface area contributed by atoms with Crippen molar-refractivity contribution in [2.75, 3.05) is 7.11 Å². The number of nitrogens with one attached hydrogen (secondary N) is 2. The lowest BCUT2D eigenvalue weighted by Gasteiger charge is -2.24. The van der Waals surface area contributed by atoms with Crippen LogP contribution in [-0.2, 0) is 31.0 Å². The second kappa shape index (κ2) is 9.53. The smallest absolute Gasteiger partial charge is 0.328 e. The van der Waals surface area contributed by atoms with E-state index >= 15 is 0 Å². The molecular weight excluding hydrogens is 344 g/mol. The van der Waals surface area contributed by atoms with E-state index in [0.717, 1.165) is 5.56 Å². The molecule has 0 saturated heterocycles. The molecule has 1 aromatic carbocycles. The van der Waals surface area contributed by atoms with Crippen LogP contribution in [0.3, 0.4) is 0 Å². The highest BCUT2D eigenvalue weighted by atomic mass is 16.5. The summed E-state index contributed by atoms with van der Waals surface area (Å²) in [4.78, 5) is 36.1. The van der Waals surface area contributed by atoms with Crippen molar-refractivity contribution in [3.05, 3.63) is 35.4 Å². The zero-order valence-corrected chi connectivity index (χ0v) is 17.4. The fourth-order valence-corrected chi connectivity index (χ4v) is 2.73. The lowest BCUT2D eigenvalue weighted by molar-refractivity contribution is -0.145. The van der Waals surface area contributed by atoms with Crippen LogP contribution in [0, 0.1) is 5.92 Å². The summed E-state index contributed by atoms with van der Waals surface area (Å²) in [5, 5.41) is 5.35. The van der Waals surface area contributed by atoms with Gasteiger partial charge in [-0.2, -0.15) is 0 Å². The van der Waals surface area contributed by atoms with Crippen molar-refractivity contribution in [3.8, 4) is 0 Å². The predicted octanol–water partition coefficient (Wildman–Crippen LogP) is 2.35. The first-order valence-corrected chi connectivity index (χ1v) is 9.20. The van der Waals surface area contributed by atoms with Gasteiger partial charge in [-0.25, -0.2) is 4.79 Å². The SMILES string of the molecule is COC(=O)[C@@H](Cc1ccc(C(C)(C)C)cc1)NC(=O)[C@H](NC(C)=O)C(C)C. The van der Waals surface area contributed by atoms with E-state index in [0.29, 0.717) is 6.42 Å². The molecule has 0 aromatic heterocycles. The van der Waals surface area contributed by atoms with Crippen LogP contribution in [-0.4, -0.2) is 37.0 Å². The number of methoxy groups -OCH3 is 1. The van der Waals surface area contributed by atoms with E-state index in [2.05, 4.69) is 31.4 Å². The highest BCUT2D eigenvalue weighted by Gasteiger charge is 2.28. The maximum atomic E-state index is 12.6. The Labute approximate surface area is 162 Å². The summed E-state index contributed by atoms with van der Waals surface area (Å²) in [5.41, 5.74) is 2.15. The van der Waals surface area contributed by atoms with E-state index in [-0.39, 0.29) is 17.2 Å². The monoisotopic (exact) mass is 376 g/mol. The van der Waals surface area contributed by atoms with Gasteiger partial charge in [0, 0.05) is 13.3 Å². The van der Waals surface area contributed by atoms with Crippen molar-refractivity contribution in [3.63, 3.8) is 0 Å². The van der Waals surface area contributed by atoms with E-state index in [9.17, 15) is 14.4 Å². The predicted molar refractivity (Wildman–Crippen MR) is 105 cm³/mol. The normalized spacial score (nSPS) is 13.6. The molecule has 0 aliphatic rings. The van der Waals surface area contributed by atoms with E-state index in [1.165, 1.54) is 19.6 Å². The van der Waals surface area contributed by atoms with Crippen LogP contribution < -0.4 is 10.6 Å². The Morgan fingerprint density at radius 1 is 1.04 bits per heavy atom. The minimum Gasteiger partial charge on any atom is -0.467 e. The van der Waals surface area contributed by atoms with Gasteiger partial charge in [-0.05, 0) is 22.5 Å². The van der Waals surface area contributed by atoms with Crippen LogP contribution >= 0.6 is 0 Å². The highest BCUT2D eigenvalue weighted by Crippen LogP contribution is 2.22. The third-order valence-electron chi connectivity index (χ3n) is 4.37. The second-order valence-electron chi connectivity index (χ2n) is 8.16. The van der Waals surface area contributed by atoms with Gasteiger partial charge in [0.2, 0.25) is 11.8 Å². The van der Waals surface area contributed by atoms with E-state index in [1.807, 2.05) is 38.1 Å². The van der Waals surface area contributed by atoms with Crippen LogP contribution in [0.15, 0.2) is 24.3 Å². The van der Waals surface area contributed by atoms with E-state index in [4.69, 9.17) is 4.74 Å². The van der Waals surface area contributed by atoms with Gasteiger partial charge in [0.25, 0.3) is 0 Å². The summed E-state index contributed by atoms with van der Waals surface area (Å²) in [6.45, 7) is 11.4. The van der Waals surface area contributed by atoms with Gasteiger partial charge < -0.3 is 15.4 Å². The second-order valence-corrected chi connectivity index (χ2v) is 8.16. The first-order valence-electron chi connectivity index (χ1n) is 9.20. The fraction of sp³-hybridized carbons (Fsp3) is 0.571. The topological polar surface area (TPSA) is 84.5 Å². The standard InChI is InChI=1S/C21H32N2O4/c1-13(2)18(22-14(3)24)19(25)23-17(20(26)27-7)12-15-8-10-16(11-9-15)21(4,5)6/h8-11,13,17-18H,12H2,1-7H3,(H,22,24)(H,23,25)/t17-,18-/m1/s1. The molecule has 0 aliphatic carbocycles. The summed E-state index contributed by atoms with van der Waals surface area (Å²) in [7, 11) is 1.29. The number of esters is 1. The Balaban J connectivity index is 2.94. The molecule has 6 heteroatoms. The van der Waals surface area contributed by atoms with Gasteiger partial charge in [-0.3, -0.25) is 9.59 Å². The van der Waals surface area contributed by atoms with Crippen LogP contribution in [0.5, 0.6) is 0 Å². The molecule has 2 N–H and O–H groups in total. The number of carbonyl (C=O) groups excluding carboxylic acids is 3. The lowest BCUT2D eigenvalue weighted by atomic mass is 9.86. The average Bonchev–Trinajstić information content (AvgIpc) is 2.57. The van der Waals surface area contributed by atoms with Crippen molar-refractivity contribution < 1.29 is 19.1 Å². The molecule has 0 radical (unpaired) electrons. The zero-order chi connectivity index (χ0) is 20.8. The van der Waals surface area contributed by atoms with E-state index < -0.39 is 24.0 Å². The summed E-state index contributed by atoms with van der Waals surface area (Å²) in [6, 6.07) is 6.43. The molecule has 0 unspecified atom stereocenters. The van der Waals surface area contributed by atoms with Crippen molar-refractivity contribution in [2.24, 2.45) is 5.92 Å². The molecule has 0 saturated carbocycles. The van der Waals surface area contributed by atoms with E-state index in [1.54, 1.807) is 0 Å². The molecule has 0 spiro atoms. The molecule has 0 fully saturated rings. The number of hydrogen-bond donors (Lipinski definition) is 2. The molecule has 27 heavy (non-hydrogen) atoms. The summed E-state index contributed by atoms with van der Waals surface area (Å²) >= 11 is 0. The molecule has 1 aromatic rings. The van der Waals surface area contributed by atoms with Gasteiger partial charge in [0.15, 0.2) is 0 Å². The van der Waals surface area contributed by atoms with Crippen LogP contribution in [0.2, 0.25) is 0 Å². The molecule has 150 valence electrons. The Bertz CT molecular complexity index is 660. The summed E-state index contributed by atoms with van der Waals surface area (Å²) in [5.74, 6) is -1.33. The Morgan fingerprint density at radius 3 is 2.00 bits per heavy atom. The van der Waals surface area contributed by atoms with Gasteiger partial charge in [0.1, 0.15) is 12.1 Å². The maximum Gasteiger partial charge on any atom is 0.328 e. The molecule has 2 atom stereocenters. The number of rotatable bonds is 7. The number of carbonyl (C=O) groups is 3. The Morgan fingerprint density at radius 2 is 1.59 bits per heavy atom. The minimum absolute atomic E-state index is 0.0390. The number of hydrogen-bond acceptors (Lipinski definition) is 4. The van der Waals surface area contributed by atoms with Gasteiger partial charge in [-0.15, -0.1) is 0 Å². The quantitative estimate of drug-likeness (QED) is 0.716. The maximum absolute atomic E-state index is 12.6. The molecule has 0 bridgehead atoms. The van der Waals surface area contributed by atoms with Crippen LogP contribution in [0.25, 0.3) is 0 Å². The summed E-state index contributed by atoms with van der Waals surface area (Å²) < 4.78 is 4.84. The van der Waals surface area contributed by atoms with Gasteiger partial charge in [-0.1, -0.05) is 58.9 Å². The molecule has 0 heterocycles. The van der Waals surface area contributed by atoms with Crippen LogP contribution in [0.4, 0.5) is 0 Å². The van der Waals surface area contributed by atoms with Crippen molar-refractivity contribution >= 4 is 17.8 Å². The molecule has 0 aliphatic heterocycles. The Kier molecular flexibility index (Phi) is 8.00. The lowest BCUT2D eigenvalue weighted by Crippen LogP contribution is -2.54. The van der Waals surface area contributed by atoms with Gasteiger partial charge in [0.05, 0.1) is 7.11 Å². The number of amides is 2. The molecule has 2 amide bonds. The third-order valence-corrected chi connectivity index (χ3v) is 4.37. The molecular formula is C21H32N2O4.